The lowest BCUT2D eigenvalue weighted by molar-refractivity contribution is 0.871. The number of hydrogen-bond acceptors (Lipinski definition) is 3. The largest absolute Gasteiger partial charge is 0.336 e. The molecule has 1 rings (SSSR count). The van der Waals surface area contributed by atoms with Gasteiger partial charge in [-0.2, -0.15) is 0 Å². The van der Waals surface area contributed by atoms with Gasteiger partial charge in [-0.25, -0.2) is 4.68 Å². The van der Waals surface area contributed by atoms with Crippen LogP contribution in [0.3, 0.4) is 0 Å². The molecule has 0 spiro atoms. The molecule has 6 heteroatoms. The van der Waals surface area contributed by atoms with E-state index in [2.05, 4.69) is 10.2 Å². The van der Waals surface area contributed by atoms with Crippen molar-refractivity contribution in [1.82, 2.24) is 14.9 Å². The molecule has 0 saturated carbocycles. The van der Waals surface area contributed by atoms with E-state index in [0.717, 1.165) is 0 Å². The van der Waals surface area contributed by atoms with Gasteiger partial charge in [0.15, 0.2) is 11.6 Å². The van der Waals surface area contributed by atoms with Gasteiger partial charge in [0.2, 0.25) is 0 Å². The zero-order valence-electron chi connectivity index (χ0n) is 5.09. The molecule has 10 heavy (non-hydrogen) atoms. The van der Waals surface area contributed by atoms with E-state index in [-0.39, 0.29) is 11.8 Å². The van der Waals surface area contributed by atoms with E-state index in [1.807, 2.05) is 0 Å². The minimum absolute atomic E-state index is 0.250. The van der Waals surface area contributed by atoms with Crippen molar-refractivity contribution in [2.24, 2.45) is 0 Å². The van der Waals surface area contributed by atoms with Gasteiger partial charge in [0.05, 0.1) is 11.8 Å². The highest BCUT2D eigenvalue weighted by Gasteiger charge is 2.05. The molecule has 0 aromatic carbocycles. The first kappa shape index (κ1) is 7.63. The van der Waals surface area contributed by atoms with E-state index in [1.165, 1.54) is 4.68 Å². The summed E-state index contributed by atoms with van der Waals surface area (Å²) in [5.74, 6) is 7.00. The molecule has 0 aliphatic heterocycles. The average Bonchev–Trinajstić information content (AvgIpc) is 2.30. The lowest BCUT2D eigenvalue weighted by Crippen LogP contribution is -2.14. The van der Waals surface area contributed by atoms with Crippen molar-refractivity contribution in [1.29, 1.82) is 0 Å². The van der Waals surface area contributed by atoms with E-state index in [1.54, 1.807) is 0 Å². The fourth-order valence-corrected chi connectivity index (χ4v) is 0.907. The van der Waals surface area contributed by atoms with Crippen molar-refractivity contribution < 1.29 is 0 Å². The van der Waals surface area contributed by atoms with Gasteiger partial charge in [0, 0.05) is 0 Å². The molecular formula is C4H6Cl2N4. The quantitative estimate of drug-likeness (QED) is 0.532. The maximum Gasteiger partial charge on any atom is 0.166 e. The zero-order valence-corrected chi connectivity index (χ0v) is 6.60. The Balaban J connectivity index is 2.97. The lowest BCUT2D eigenvalue weighted by Gasteiger charge is -1.95. The van der Waals surface area contributed by atoms with E-state index in [4.69, 9.17) is 29.0 Å². The summed E-state index contributed by atoms with van der Waals surface area (Å²) in [4.78, 5) is 0. The normalized spacial score (nSPS) is 10.2. The molecule has 0 aliphatic carbocycles. The first-order chi connectivity index (χ1) is 4.79. The van der Waals surface area contributed by atoms with Crippen LogP contribution in [0.2, 0.25) is 0 Å². The first-order valence-electron chi connectivity index (χ1n) is 2.59. The fourth-order valence-electron chi connectivity index (χ4n) is 0.543. The molecule has 1 aromatic heterocycles. The summed E-state index contributed by atoms with van der Waals surface area (Å²) < 4.78 is 1.29. The smallest absolute Gasteiger partial charge is 0.166 e. The Morgan fingerprint density at radius 3 is 1.80 bits per heavy atom. The standard InChI is InChI=1S/C4H6Cl2N4/c5-1-3-8-9-4(2-6)10(3)7/h1-2,7H2. The molecule has 4 nitrogen and oxygen atoms in total. The second-order valence-electron chi connectivity index (χ2n) is 1.67. The lowest BCUT2D eigenvalue weighted by atomic mass is 10.7. The summed E-state index contributed by atoms with van der Waals surface area (Å²) in [5, 5.41) is 7.35. The number of halogens is 2. The van der Waals surface area contributed by atoms with Crippen molar-refractivity contribution in [3.8, 4) is 0 Å². The highest BCUT2D eigenvalue weighted by atomic mass is 35.5. The zero-order chi connectivity index (χ0) is 7.56. The van der Waals surface area contributed by atoms with Gasteiger partial charge >= 0.3 is 0 Å². The maximum atomic E-state index is 5.46. The summed E-state index contributed by atoms with van der Waals surface area (Å²) in [6, 6.07) is 0. The molecule has 1 aromatic rings. The Morgan fingerprint density at radius 1 is 1.20 bits per heavy atom. The summed E-state index contributed by atoms with van der Waals surface area (Å²) in [7, 11) is 0. The molecule has 0 amide bonds. The molecule has 0 fully saturated rings. The monoisotopic (exact) mass is 180 g/mol. The molecule has 1 heterocycles. The topological polar surface area (TPSA) is 56.7 Å². The van der Waals surface area contributed by atoms with Crippen LogP contribution in [0.4, 0.5) is 0 Å². The molecule has 2 N–H and O–H groups in total. The predicted molar refractivity (Wildman–Crippen MR) is 39.3 cm³/mol. The Hall–Kier alpha value is -0.480. The van der Waals surface area contributed by atoms with Gasteiger partial charge in [-0.15, -0.1) is 33.4 Å². The SMILES string of the molecule is Nn1c(CCl)nnc1CCl. The maximum absolute atomic E-state index is 5.46. The number of aromatic nitrogens is 3. The summed E-state index contributed by atoms with van der Waals surface area (Å²) in [6.45, 7) is 0. The third kappa shape index (κ3) is 1.17. The van der Waals surface area contributed by atoms with E-state index in [0.29, 0.717) is 11.6 Å². The number of nitrogen functional groups attached to an aromatic ring is 1. The van der Waals surface area contributed by atoms with Crippen LogP contribution in [0.15, 0.2) is 0 Å². The van der Waals surface area contributed by atoms with Crippen molar-refractivity contribution in [2.45, 2.75) is 11.8 Å². The Morgan fingerprint density at radius 2 is 1.60 bits per heavy atom. The number of hydrogen-bond donors (Lipinski definition) is 1. The first-order valence-corrected chi connectivity index (χ1v) is 3.66. The highest BCUT2D eigenvalue weighted by molar-refractivity contribution is 6.17. The Kier molecular flexibility index (Phi) is 2.34. The molecule has 0 saturated heterocycles. The van der Waals surface area contributed by atoms with Crippen LogP contribution in [0.5, 0.6) is 0 Å². The molecular weight excluding hydrogens is 175 g/mol. The van der Waals surface area contributed by atoms with Gasteiger partial charge in [-0.05, 0) is 0 Å². The fraction of sp³-hybridized carbons (Fsp3) is 0.500. The van der Waals surface area contributed by atoms with Crippen molar-refractivity contribution in [2.75, 3.05) is 5.84 Å². The van der Waals surface area contributed by atoms with Crippen molar-refractivity contribution >= 4 is 23.2 Å². The molecule has 0 aliphatic rings. The summed E-state index contributed by atoms with van der Waals surface area (Å²) in [6.07, 6.45) is 0. The molecule has 0 unspecified atom stereocenters. The van der Waals surface area contributed by atoms with Gasteiger partial charge in [0.25, 0.3) is 0 Å². The van der Waals surface area contributed by atoms with Crippen LogP contribution < -0.4 is 5.84 Å². The van der Waals surface area contributed by atoms with Crippen LogP contribution in [0, 0.1) is 0 Å². The van der Waals surface area contributed by atoms with E-state index in [9.17, 15) is 0 Å². The van der Waals surface area contributed by atoms with Crippen molar-refractivity contribution in [3.05, 3.63) is 11.6 Å². The van der Waals surface area contributed by atoms with Crippen LogP contribution in [0.1, 0.15) is 11.6 Å². The number of nitrogens with two attached hydrogens (primary N) is 1. The minimum Gasteiger partial charge on any atom is -0.336 e. The number of rotatable bonds is 2. The van der Waals surface area contributed by atoms with Gasteiger partial charge in [-0.3, -0.25) is 0 Å². The van der Waals surface area contributed by atoms with E-state index < -0.39 is 0 Å². The van der Waals surface area contributed by atoms with Crippen LogP contribution in [-0.4, -0.2) is 14.9 Å². The van der Waals surface area contributed by atoms with Crippen molar-refractivity contribution in [3.63, 3.8) is 0 Å². The predicted octanol–water partition coefficient (Wildman–Crippen LogP) is 0.469. The average molecular weight is 181 g/mol. The third-order valence-corrected chi connectivity index (χ3v) is 1.55. The van der Waals surface area contributed by atoms with E-state index >= 15 is 0 Å². The number of alkyl halides is 2. The van der Waals surface area contributed by atoms with Gasteiger partial charge < -0.3 is 5.84 Å². The van der Waals surface area contributed by atoms with Gasteiger partial charge in [0.1, 0.15) is 0 Å². The second-order valence-corrected chi connectivity index (χ2v) is 2.20. The van der Waals surface area contributed by atoms with Crippen LogP contribution in [-0.2, 0) is 11.8 Å². The third-order valence-electron chi connectivity index (χ3n) is 1.08. The summed E-state index contributed by atoms with van der Waals surface area (Å²) in [5.41, 5.74) is 0. The van der Waals surface area contributed by atoms with Gasteiger partial charge in [-0.1, -0.05) is 0 Å². The van der Waals surface area contributed by atoms with Crippen LogP contribution in [0.25, 0.3) is 0 Å². The summed E-state index contributed by atoms with van der Waals surface area (Å²) >= 11 is 10.9. The highest BCUT2D eigenvalue weighted by Crippen LogP contribution is 2.01. The Bertz CT molecular complexity index is 200. The molecule has 56 valence electrons. The number of nitrogens with zero attached hydrogens (tertiary/aromatic N) is 3. The van der Waals surface area contributed by atoms with Crippen LogP contribution >= 0.6 is 23.2 Å². The molecule has 0 atom stereocenters. The second kappa shape index (κ2) is 3.07. The minimum atomic E-state index is 0.250. The molecule has 0 radical (unpaired) electrons. The molecule has 0 bridgehead atoms. The Labute approximate surface area is 67.9 Å².